The molecule has 2 rings (SSSR count). The summed E-state index contributed by atoms with van der Waals surface area (Å²) >= 11 is 0. The Hall–Kier alpha value is -2.41. The number of rotatable bonds is 5. The van der Waals surface area contributed by atoms with Crippen LogP contribution >= 0.6 is 0 Å². The topological polar surface area (TPSA) is 69.5 Å². The molecule has 4 heteroatoms. The van der Waals surface area contributed by atoms with Crippen molar-refractivity contribution in [3.05, 3.63) is 62.8 Å². The lowest BCUT2D eigenvalue weighted by Crippen LogP contribution is -2.19. The molecule has 0 saturated carbocycles. The van der Waals surface area contributed by atoms with E-state index >= 15 is 0 Å². The minimum atomic E-state index is -0.0732. The first-order chi connectivity index (χ1) is 10.1. The quantitative estimate of drug-likeness (QED) is 0.916. The van der Waals surface area contributed by atoms with E-state index in [1.54, 1.807) is 13.0 Å². The van der Waals surface area contributed by atoms with Gasteiger partial charge in [-0.15, -0.1) is 0 Å². The van der Waals surface area contributed by atoms with Crippen molar-refractivity contribution in [2.24, 2.45) is 0 Å². The van der Waals surface area contributed by atoms with Crippen LogP contribution < -0.4 is 5.56 Å². The lowest BCUT2D eigenvalue weighted by molar-refractivity contribution is 0.752. The number of nitrogens with zero attached hydrogens (tertiary/aromatic N) is 2. The summed E-state index contributed by atoms with van der Waals surface area (Å²) in [5.41, 5.74) is 3.09. The fourth-order valence-corrected chi connectivity index (χ4v) is 2.36. The Morgan fingerprint density at radius 3 is 2.90 bits per heavy atom. The molecule has 0 unspecified atom stereocenters. The molecule has 2 aromatic rings. The van der Waals surface area contributed by atoms with Crippen LogP contribution in [0.2, 0.25) is 0 Å². The summed E-state index contributed by atoms with van der Waals surface area (Å²) in [5, 5.41) is 8.96. The van der Waals surface area contributed by atoms with Crippen LogP contribution in [0.15, 0.2) is 29.1 Å². The van der Waals surface area contributed by atoms with Gasteiger partial charge in [0.2, 0.25) is 0 Å². The van der Waals surface area contributed by atoms with Crippen molar-refractivity contribution in [3.8, 4) is 6.07 Å². The van der Waals surface area contributed by atoms with Gasteiger partial charge in [-0.3, -0.25) is 4.79 Å². The third-order valence-corrected chi connectivity index (χ3v) is 3.42. The van der Waals surface area contributed by atoms with Crippen LogP contribution in [0.25, 0.3) is 0 Å². The van der Waals surface area contributed by atoms with Crippen molar-refractivity contribution in [3.63, 3.8) is 0 Å². The van der Waals surface area contributed by atoms with E-state index < -0.39 is 0 Å². The van der Waals surface area contributed by atoms with E-state index in [1.807, 2.05) is 18.2 Å². The third kappa shape index (κ3) is 3.79. The number of H-pyrrole nitrogens is 1. The molecule has 1 N–H and O–H groups in total. The van der Waals surface area contributed by atoms with E-state index in [2.05, 4.69) is 23.0 Å². The highest BCUT2D eigenvalue weighted by molar-refractivity contribution is 5.36. The number of hydrogen-bond acceptors (Lipinski definition) is 3. The highest BCUT2D eigenvalue weighted by atomic mass is 16.1. The fraction of sp³-hybridized carbons (Fsp3) is 0.353. The van der Waals surface area contributed by atoms with Crippen molar-refractivity contribution in [2.75, 3.05) is 0 Å². The van der Waals surface area contributed by atoms with E-state index in [9.17, 15) is 4.79 Å². The number of aryl methyl sites for hydroxylation is 2. The van der Waals surface area contributed by atoms with Crippen molar-refractivity contribution in [2.45, 2.75) is 39.5 Å². The zero-order chi connectivity index (χ0) is 15.2. The normalized spacial score (nSPS) is 10.3. The van der Waals surface area contributed by atoms with Crippen molar-refractivity contribution < 1.29 is 0 Å². The van der Waals surface area contributed by atoms with Crippen molar-refractivity contribution >= 4 is 0 Å². The largest absolute Gasteiger partial charge is 0.311 e. The predicted molar refractivity (Wildman–Crippen MR) is 82.2 cm³/mol. The minimum absolute atomic E-state index is 0.0732. The maximum atomic E-state index is 12.2. The molecule has 0 amide bonds. The number of aromatic amines is 1. The van der Waals surface area contributed by atoms with Gasteiger partial charge in [0.15, 0.2) is 0 Å². The molecule has 21 heavy (non-hydrogen) atoms. The first-order valence-electron chi connectivity index (χ1n) is 7.21. The molecule has 0 aliphatic carbocycles. The van der Waals surface area contributed by atoms with Gasteiger partial charge in [0.05, 0.1) is 17.3 Å². The monoisotopic (exact) mass is 281 g/mol. The molecule has 0 aliphatic rings. The smallest absolute Gasteiger partial charge is 0.254 e. The lowest BCUT2D eigenvalue weighted by atomic mass is 10.0. The molecule has 0 saturated heterocycles. The van der Waals surface area contributed by atoms with Gasteiger partial charge in [-0.25, -0.2) is 4.98 Å². The number of unbranched alkanes of at least 4 members (excludes halogenated alkanes) is 1. The van der Waals surface area contributed by atoms with Crippen LogP contribution in [-0.4, -0.2) is 9.97 Å². The Morgan fingerprint density at radius 2 is 2.19 bits per heavy atom. The van der Waals surface area contributed by atoms with Crippen molar-refractivity contribution in [1.29, 1.82) is 5.26 Å². The summed E-state index contributed by atoms with van der Waals surface area (Å²) in [7, 11) is 0. The lowest BCUT2D eigenvalue weighted by Gasteiger charge is -2.09. The second-order valence-electron chi connectivity index (χ2n) is 5.17. The highest BCUT2D eigenvalue weighted by Crippen LogP contribution is 2.13. The molecule has 0 radical (unpaired) electrons. The molecule has 4 nitrogen and oxygen atoms in total. The average Bonchev–Trinajstić information content (AvgIpc) is 2.48. The summed E-state index contributed by atoms with van der Waals surface area (Å²) in [5.74, 6) is 0.653. The Labute approximate surface area is 124 Å². The maximum absolute atomic E-state index is 12.2. The Balaban J connectivity index is 2.38. The average molecular weight is 281 g/mol. The first-order valence-corrected chi connectivity index (χ1v) is 7.21. The van der Waals surface area contributed by atoms with Crippen LogP contribution in [-0.2, 0) is 12.8 Å². The number of hydrogen-bond donors (Lipinski definition) is 1. The second kappa shape index (κ2) is 6.85. The van der Waals surface area contributed by atoms with E-state index in [0.717, 1.165) is 30.5 Å². The second-order valence-corrected chi connectivity index (χ2v) is 5.17. The SMILES string of the molecule is CCCCc1nc(C)[nH]c(=O)c1Cc1cccc(C#N)c1. The van der Waals surface area contributed by atoms with Crippen LogP contribution in [0.3, 0.4) is 0 Å². The highest BCUT2D eigenvalue weighted by Gasteiger charge is 2.11. The zero-order valence-electron chi connectivity index (χ0n) is 12.4. The summed E-state index contributed by atoms with van der Waals surface area (Å²) in [6.45, 7) is 3.92. The Morgan fingerprint density at radius 1 is 1.38 bits per heavy atom. The van der Waals surface area contributed by atoms with Gasteiger partial charge < -0.3 is 4.98 Å². The van der Waals surface area contributed by atoms with Gasteiger partial charge >= 0.3 is 0 Å². The fourth-order valence-electron chi connectivity index (χ4n) is 2.36. The van der Waals surface area contributed by atoms with E-state index in [-0.39, 0.29) is 5.56 Å². The maximum Gasteiger partial charge on any atom is 0.254 e. The van der Waals surface area contributed by atoms with Crippen LogP contribution in [0.1, 0.15) is 48.0 Å². The standard InChI is InChI=1S/C17H19N3O/c1-3-4-8-16-15(17(21)20-12(2)19-16)10-13-6-5-7-14(9-13)11-18/h5-7,9H,3-4,8,10H2,1-2H3,(H,19,20,21). The van der Waals surface area contributed by atoms with Gasteiger partial charge in [-0.1, -0.05) is 25.5 Å². The Kier molecular flexibility index (Phi) is 4.89. The summed E-state index contributed by atoms with van der Waals surface area (Å²) < 4.78 is 0. The number of benzene rings is 1. The third-order valence-electron chi connectivity index (χ3n) is 3.42. The van der Waals surface area contributed by atoms with Gasteiger partial charge in [-0.05, 0) is 37.5 Å². The van der Waals surface area contributed by atoms with E-state index in [1.165, 1.54) is 0 Å². The molecule has 0 spiro atoms. The molecule has 108 valence electrons. The van der Waals surface area contributed by atoms with Crippen molar-refractivity contribution in [1.82, 2.24) is 9.97 Å². The molecular weight excluding hydrogens is 262 g/mol. The van der Waals surface area contributed by atoms with Crippen LogP contribution in [0, 0.1) is 18.3 Å². The van der Waals surface area contributed by atoms with Gasteiger partial charge in [0.1, 0.15) is 5.82 Å². The van der Waals surface area contributed by atoms with E-state index in [4.69, 9.17) is 5.26 Å². The molecule has 0 atom stereocenters. The summed E-state index contributed by atoms with van der Waals surface area (Å²) in [4.78, 5) is 19.5. The van der Waals surface area contributed by atoms with Gasteiger partial charge in [-0.2, -0.15) is 5.26 Å². The predicted octanol–water partition coefficient (Wildman–Crippen LogP) is 2.88. The molecule has 1 aromatic carbocycles. The molecular formula is C17H19N3O. The first kappa shape index (κ1) is 15.0. The van der Waals surface area contributed by atoms with E-state index in [0.29, 0.717) is 23.4 Å². The minimum Gasteiger partial charge on any atom is -0.311 e. The Bertz CT molecular complexity index is 726. The van der Waals surface area contributed by atoms with Gasteiger partial charge in [0, 0.05) is 12.0 Å². The molecule has 1 heterocycles. The summed E-state index contributed by atoms with van der Waals surface area (Å²) in [6.07, 6.45) is 3.41. The molecule has 0 aliphatic heterocycles. The van der Waals surface area contributed by atoms with Gasteiger partial charge in [0.25, 0.3) is 5.56 Å². The number of aromatic nitrogens is 2. The molecule has 1 aromatic heterocycles. The summed E-state index contributed by atoms with van der Waals surface area (Å²) in [6, 6.07) is 9.49. The zero-order valence-corrected chi connectivity index (χ0v) is 12.4. The van der Waals surface area contributed by atoms with Crippen LogP contribution in [0.4, 0.5) is 0 Å². The number of nitriles is 1. The van der Waals surface area contributed by atoms with Crippen LogP contribution in [0.5, 0.6) is 0 Å². The number of nitrogens with one attached hydrogen (secondary N) is 1. The molecule has 0 fully saturated rings. The molecule has 0 bridgehead atoms.